The average molecular weight is 363 g/mol. The van der Waals surface area contributed by atoms with Gasteiger partial charge in [-0.3, -0.25) is 10.1 Å². The van der Waals surface area contributed by atoms with Gasteiger partial charge < -0.3 is 0 Å². The van der Waals surface area contributed by atoms with E-state index in [1.807, 2.05) is 0 Å². The van der Waals surface area contributed by atoms with Crippen LogP contribution in [0.15, 0.2) is 41.0 Å². The quantitative estimate of drug-likeness (QED) is 0.477. The van der Waals surface area contributed by atoms with Crippen LogP contribution in [-0.2, 0) is 15.8 Å². The molecule has 0 aromatic heterocycles. The predicted octanol–water partition coefficient (Wildman–Crippen LogP) is 2.99. The van der Waals surface area contributed by atoms with Crippen LogP contribution in [0.3, 0.4) is 0 Å². The Labute approximate surface area is 147 Å². The summed E-state index contributed by atoms with van der Waals surface area (Å²) in [7, 11) is -3.65. The standard InChI is InChI=1S/C17H21N3O4S/c1-17(2)14-6-5-13(16(17)9-14)10-18-19-25(23,24)11-12-3-7-15(8-4-12)20(21)22/h3-5,7-8,10,14,16,19H,6,9,11H2,1-2H3/t14-,16+/m0/s1. The minimum absolute atomic E-state index is 0.0715. The van der Waals surface area contributed by atoms with E-state index in [1.54, 1.807) is 6.21 Å². The van der Waals surface area contributed by atoms with Gasteiger partial charge in [0.2, 0.25) is 0 Å². The van der Waals surface area contributed by atoms with Crippen molar-refractivity contribution in [1.82, 2.24) is 4.83 Å². The maximum Gasteiger partial charge on any atom is 0.269 e. The number of rotatable bonds is 6. The Morgan fingerprint density at radius 3 is 2.60 bits per heavy atom. The van der Waals surface area contributed by atoms with E-state index in [0.29, 0.717) is 17.4 Å². The van der Waals surface area contributed by atoms with Crippen LogP contribution in [0.4, 0.5) is 5.69 Å². The fourth-order valence-electron chi connectivity index (χ4n) is 3.69. The summed E-state index contributed by atoms with van der Waals surface area (Å²) in [5.41, 5.74) is 1.74. The Balaban J connectivity index is 1.60. The largest absolute Gasteiger partial charge is 0.269 e. The van der Waals surface area contributed by atoms with Crippen molar-refractivity contribution in [1.29, 1.82) is 0 Å². The number of hydrogen-bond acceptors (Lipinski definition) is 5. The zero-order valence-corrected chi connectivity index (χ0v) is 15.0. The molecule has 25 heavy (non-hydrogen) atoms. The highest BCUT2D eigenvalue weighted by Crippen LogP contribution is 2.58. The van der Waals surface area contributed by atoms with E-state index in [1.165, 1.54) is 24.3 Å². The summed E-state index contributed by atoms with van der Waals surface area (Å²) in [6.45, 7) is 4.48. The molecule has 1 aromatic carbocycles. The van der Waals surface area contributed by atoms with Crippen molar-refractivity contribution in [3.63, 3.8) is 0 Å². The molecule has 1 fully saturated rings. The SMILES string of the molecule is CC1(C)[C@H]2CC=C(C=NNS(=O)(=O)Cc3ccc([N+](=O)[O-])cc3)[C@H]1C2. The first-order valence-corrected chi connectivity index (χ1v) is 9.80. The molecule has 1 N–H and O–H groups in total. The third-order valence-corrected chi connectivity index (χ3v) is 6.52. The van der Waals surface area contributed by atoms with Gasteiger partial charge in [-0.1, -0.05) is 32.1 Å². The van der Waals surface area contributed by atoms with Gasteiger partial charge in [0, 0.05) is 12.1 Å². The number of nitrogens with one attached hydrogen (secondary N) is 1. The first-order valence-electron chi connectivity index (χ1n) is 8.15. The highest BCUT2D eigenvalue weighted by Gasteiger charge is 2.50. The van der Waals surface area contributed by atoms with E-state index >= 15 is 0 Å². The lowest BCUT2D eigenvalue weighted by atomic mass is 9.49. The van der Waals surface area contributed by atoms with E-state index < -0.39 is 14.9 Å². The summed E-state index contributed by atoms with van der Waals surface area (Å²) >= 11 is 0. The van der Waals surface area contributed by atoms with Gasteiger partial charge >= 0.3 is 0 Å². The number of allylic oxidation sites excluding steroid dienone is 2. The topological polar surface area (TPSA) is 102 Å². The number of nitrogens with zero attached hydrogens (tertiary/aromatic N) is 2. The third-order valence-electron chi connectivity index (χ3n) is 5.42. The Kier molecular flexibility index (Phi) is 4.40. The van der Waals surface area contributed by atoms with Gasteiger partial charge in [0.1, 0.15) is 0 Å². The van der Waals surface area contributed by atoms with E-state index in [0.717, 1.165) is 18.4 Å². The van der Waals surface area contributed by atoms with Gasteiger partial charge in [-0.05, 0) is 41.2 Å². The number of fused-ring (bicyclic) bond motifs is 1. The van der Waals surface area contributed by atoms with Crippen LogP contribution in [0.25, 0.3) is 0 Å². The summed E-state index contributed by atoms with van der Waals surface area (Å²) in [4.78, 5) is 12.3. The Bertz CT molecular complexity index is 841. The number of non-ortho nitro benzene ring substituents is 1. The van der Waals surface area contributed by atoms with Gasteiger partial charge in [0.05, 0.1) is 16.9 Å². The molecule has 0 aliphatic heterocycles. The lowest BCUT2D eigenvalue weighted by Crippen LogP contribution is -2.48. The smallest absolute Gasteiger partial charge is 0.258 e. The number of hydrogen-bond donors (Lipinski definition) is 1. The molecule has 2 bridgehead atoms. The predicted molar refractivity (Wildman–Crippen MR) is 95.4 cm³/mol. The van der Waals surface area contributed by atoms with Crippen molar-refractivity contribution < 1.29 is 13.3 Å². The number of nitro benzene ring substituents is 1. The summed E-state index contributed by atoms with van der Waals surface area (Å²) in [5.74, 6) is 0.876. The Morgan fingerprint density at radius 1 is 1.36 bits per heavy atom. The van der Waals surface area contributed by atoms with E-state index in [2.05, 4.69) is 29.9 Å². The maximum atomic E-state index is 12.1. The van der Waals surface area contributed by atoms with Crippen LogP contribution in [0.2, 0.25) is 0 Å². The molecular formula is C17H21N3O4S. The summed E-state index contributed by atoms with van der Waals surface area (Å²) in [6.07, 6.45) is 5.90. The molecule has 2 atom stereocenters. The molecule has 1 saturated carbocycles. The van der Waals surface area contributed by atoms with Crippen molar-refractivity contribution in [3.05, 3.63) is 51.6 Å². The van der Waals surface area contributed by atoms with Crippen LogP contribution < -0.4 is 4.83 Å². The number of sulfonamides is 1. The van der Waals surface area contributed by atoms with Crippen LogP contribution in [0, 0.1) is 27.4 Å². The molecule has 8 heteroatoms. The molecule has 3 aliphatic rings. The zero-order chi connectivity index (χ0) is 18.2. The Hall–Kier alpha value is -2.22. The van der Waals surface area contributed by atoms with Crippen LogP contribution in [0.5, 0.6) is 0 Å². The first-order chi connectivity index (χ1) is 11.7. The number of hydrazone groups is 1. The summed E-state index contributed by atoms with van der Waals surface area (Å²) in [5, 5.41) is 14.5. The molecule has 3 aliphatic carbocycles. The second-order valence-electron chi connectivity index (χ2n) is 7.28. The Morgan fingerprint density at radius 2 is 2.04 bits per heavy atom. The molecule has 4 rings (SSSR count). The maximum absolute atomic E-state index is 12.1. The molecule has 0 heterocycles. The fourth-order valence-corrected chi connectivity index (χ4v) is 4.60. The minimum atomic E-state index is -3.65. The summed E-state index contributed by atoms with van der Waals surface area (Å²) in [6, 6.07) is 5.44. The average Bonchev–Trinajstić information content (AvgIpc) is 2.54. The van der Waals surface area contributed by atoms with Crippen molar-refractivity contribution in [2.75, 3.05) is 0 Å². The van der Waals surface area contributed by atoms with Gasteiger partial charge in [-0.15, -0.1) is 0 Å². The highest BCUT2D eigenvalue weighted by molar-refractivity contribution is 7.88. The summed E-state index contributed by atoms with van der Waals surface area (Å²) < 4.78 is 24.2. The van der Waals surface area contributed by atoms with Crippen LogP contribution in [0.1, 0.15) is 32.3 Å². The van der Waals surface area contributed by atoms with Crippen LogP contribution in [-0.4, -0.2) is 19.6 Å². The minimum Gasteiger partial charge on any atom is -0.258 e. The lowest BCUT2D eigenvalue weighted by Gasteiger charge is -2.55. The second-order valence-corrected chi connectivity index (χ2v) is 8.98. The van der Waals surface area contributed by atoms with Crippen molar-refractivity contribution in [3.8, 4) is 0 Å². The number of nitro groups is 1. The van der Waals surface area contributed by atoms with Crippen molar-refractivity contribution >= 4 is 21.9 Å². The monoisotopic (exact) mass is 363 g/mol. The zero-order valence-electron chi connectivity index (χ0n) is 14.2. The third kappa shape index (κ3) is 3.58. The van der Waals surface area contributed by atoms with E-state index in [4.69, 9.17) is 0 Å². The molecule has 134 valence electrons. The molecule has 0 radical (unpaired) electrons. The van der Waals surface area contributed by atoms with Crippen molar-refractivity contribution in [2.24, 2.45) is 22.4 Å². The molecule has 0 saturated heterocycles. The van der Waals surface area contributed by atoms with Gasteiger partial charge in [-0.25, -0.2) is 13.2 Å². The normalized spacial score (nSPS) is 24.5. The molecular weight excluding hydrogens is 342 g/mol. The second kappa shape index (κ2) is 6.25. The highest BCUT2D eigenvalue weighted by atomic mass is 32.2. The first kappa shape index (κ1) is 17.6. The molecule has 0 amide bonds. The molecule has 0 unspecified atom stereocenters. The van der Waals surface area contributed by atoms with E-state index in [9.17, 15) is 18.5 Å². The van der Waals surface area contributed by atoms with Gasteiger partial charge in [0.15, 0.2) is 0 Å². The van der Waals surface area contributed by atoms with E-state index in [-0.39, 0.29) is 16.9 Å². The lowest BCUT2D eigenvalue weighted by molar-refractivity contribution is -0.384. The molecule has 1 aromatic rings. The van der Waals surface area contributed by atoms with Crippen LogP contribution >= 0.6 is 0 Å². The molecule has 0 spiro atoms. The van der Waals surface area contributed by atoms with Crippen molar-refractivity contribution in [2.45, 2.75) is 32.4 Å². The van der Waals surface area contributed by atoms with Gasteiger partial charge in [-0.2, -0.15) is 5.10 Å². The number of benzene rings is 1. The van der Waals surface area contributed by atoms with Gasteiger partial charge in [0.25, 0.3) is 15.7 Å². The fraction of sp³-hybridized carbons (Fsp3) is 0.471. The molecule has 7 nitrogen and oxygen atoms in total.